The number of halogens is 3. The van der Waals surface area contributed by atoms with Gasteiger partial charge in [0.1, 0.15) is 5.82 Å². The van der Waals surface area contributed by atoms with E-state index in [4.69, 9.17) is 23.2 Å². The molecule has 19 heavy (non-hydrogen) atoms. The molecule has 0 aliphatic heterocycles. The van der Waals surface area contributed by atoms with Gasteiger partial charge in [-0.1, -0.05) is 41.4 Å². The second kappa shape index (κ2) is 6.55. The van der Waals surface area contributed by atoms with Crippen molar-refractivity contribution in [1.82, 2.24) is 5.43 Å². The van der Waals surface area contributed by atoms with Gasteiger partial charge in [0.2, 0.25) is 0 Å². The summed E-state index contributed by atoms with van der Waals surface area (Å²) in [4.78, 5) is 0. The first-order valence-electron chi connectivity index (χ1n) is 5.61. The zero-order valence-corrected chi connectivity index (χ0v) is 11.4. The molecule has 2 rings (SSSR count). The minimum Gasteiger partial charge on any atom is -0.306 e. The summed E-state index contributed by atoms with van der Waals surface area (Å²) in [7, 11) is 0. The first kappa shape index (κ1) is 13.8. The predicted octanol–water partition coefficient (Wildman–Crippen LogP) is 4.26. The fourth-order valence-corrected chi connectivity index (χ4v) is 2.03. The minimum atomic E-state index is -0.270. The van der Waals surface area contributed by atoms with Crippen LogP contribution in [0.1, 0.15) is 11.1 Å². The van der Waals surface area contributed by atoms with Gasteiger partial charge >= 0.3 is 0 Å². The van der Waals surface area contributed by atoms with Crippen LogP contribution in [0, 0.1) is 5.82 Å². The molecule has 0 aliphatic carbocycles. The van der Waals surface area contributed by atoms with E-state index in [1.165, 1.54) is 12.1 Å². The molecule has 0 aliphatic rings. The van der Waals surface area contributed by atoms with Gasteiger partial charge in [-0.2, -0.15) is 5.10 Å². The summed E-state index contributed by atoms with van der Waals surface area (Å²) in [6, 6.07) is 11.4. The summed E-state index contributed by atoms with van der Waals surface area (Å²) >= 11 is 12.0. The zero-order valence-electron chi connectivity index (χ0n) is 9.91. The lowest BCUT2D eigenvalue weighted by Gasteiger charge is -2.05. The van der Waals surface area contributed by atoms with E-state index in [9.17, 15) is 4.39 Å². The van der Waals surface area contributed by atoms with Crippen molar-refractivity contribution < 1.29 is 4.39 Å². The number of nitrogens with zero attached hydrogens (tertiary/aromatic N) is 1. The Labute approximate surface area is 120 Å². The quantitative estimate of drug-likeness (QED) is 0.662. The van der Waals surface area contributed by atoms with Crippen molar-refractivity contribution in [2.75, 3.05) is 0 Å². The van der Waals surface area contributed by atoms with E-state index in [-0.39, 0.29) is 5.82 Å². The maximum absolute atomic E-state index is 12.7. The molecule has 0 aromatic heterocycles. The van der Waals surface area contributed by atoms with Crippen LogP contribution in [0.3, 0.4) is 0 Å². The van der Waals surface area contributed by atoms with Crippen LogP contribution in [0.25, 0.3) is 0 Å². The molecule has 2 aromatic carbocycles. The average molecular weight is 297 g/mol. The van der Waals surface area contributed by atoms with E-state index >= 15 is 0 Å². The number of hydrazone groups is 1. The van der Waals surface area contributed by atoms with Crippen LogP contribution < -0.4 is 5.43 Å². The molecule has 0 amide bonds. The van der Waals surface area contributed by atoms with Crippen molar-refractivity contribution in [2.24, 2.45) is 5.10 Å². The SMILES string of the molecule is Fc1ccc(/C=N/NCc2c(Cl)cccc2Cl)cc1. The van der Waals surface area contributed by atoms with Gasteiger partial charge in [-0.15, -0.1) is 0 Å². The van der Waals surface area contributed by atoms with Crippen LogP contribution >= 0.6 is 23.2 Å². The number of hydrogen-bond acceptors (Lipinski definition) is 2. The highest BCUT2D eigenvalue weighted by Crippen LogP contribution is 2.23. The summed E-state index contributed by atoms with van der Waals surface area (Å²) in [5.74, 6) is -0.270. The monoisotopic (exact) mass is 296 g/mol. The third-order valence-corrected chi connectivity index (χ3v) is 3.20. The third kappa shape index (κ3) is 3.94. The highest BCUT2D eigenvalue weighted by Gasteiger charge is 2.03. The van der Waals surface area contributed by atoms with Crippen molar-refractivity contribution in [2.45, 2.75) is 6.54 Å². The normalized spacial score (nSPS) is 10.9. The smallest absolute Gasteiger partial charge is 0.123 e. The van der Waals surface area contributed by atoms with Crippen molar-refractivity contribution in [3.05, 3.63) is 69.5 Å². The Balaban J connectivity index is 1.95. The molecular formula is C14H11Cl2FN2. The fourth-order valence-electron chi connectivity index (χ4n) is 1.49. The third-order valence-electron chi connectivity index (χ3n) is 2.49. The Bertz CT molecular complexity index is 562. The Kier molecular flexibility index (Phi) is 4.77. The highest BCUT2D eigenvalue weighted by atomic mass is 35.5. The Morgan fingerprint density at radius 3 is 2.32 bits per heavy atom. The topological polar surface area (TPSA) is 24.4 Å². The van der Waals surface area contributed by atoms with Crippen molar-refractivity contribution >= 4 is 29.4 Å². The molecule has 0 radical (unpaired) electrons. The summed E-state index contributed by atoms with van der Waals surface area (Å²) in [5.41, 5.74) is 4.45. The molecule has 0 atom stereocenters. The van der Waals surface area contributed by atoms with Crippen molar-refractivity contribution in [1.29, 1.82) is 0 Å². The van der Waals surface area contributed by atoms with E-state index in [1.807, 2.05) is 0 Å². The van der Waals surface area contributed by atoms with Crippen LogP contribution in [-0.4, -0.2) is 6.21 Å². The fraction of sp³-hybridized carbons (Fsp3) is 0.0714. The van der Waals surface area contributed by atoms with Crippen LogP contribution in [0.5, 0.6) is 0 Å². The van der Waals surface area contributed by atoms with Gasteiger partial charge in [0, 0.05) is 15.6 Å². The predicted molar refractivity (Wildman–Crippen MR) is 77.3 cm³/mol. The van der Waals surface area contributed by atoms with Crippen molar-refractivity contribution in [3.8, 4) is 0 Å². The highest BCUT2D eigenvalue weighted by molar-refractivity contribution is 6.35. The number of benzene rings is 2. The molecule has 0 fully saturated rings. The Hall–Kier alpha value is -1.58. The van der Waals surface area contributed by atoms with E-state index in [1.54, 1.807) is 36.5 Å². The van der Waals surface area contributed by atoms with E-state index in [2.05, 4.69) is 10.5 Å². The lowest BCUT2D eigenvalue weighted by Crippen LogP contribution is -2.06. The average Bonchev–Trinajstić information content (AvgIpc) is 2.39. The standard InChI is InChI=1S/C14H11Cl2FN2/c15-13-2-1-3-14(16)12(13)9-19-18-8-10-4-6-11(17)7-5-10/h1-8,19H,9H2/b18-8+. The molecule has 2 aromatic rings. The molecule has 0 heterocycles. The second-order valence-corrected chi connectivity index (χ2v) is 4.66. The molecule has 98 valence electrons. The lowest BCUT2D eigenvalue weighted by atomic mass is 10.2. The van der Waals surface area contributed by atoms with Crippen molar-refractivity contribution in [3.63, 3.8) is 0 Å². The van der Waals surface area contributed by atoms with Crippen LogP contribution in [-0.2, 0) is 6.54 Å². The van der Waals surface area contributed by atoms with E-state index in [0.29, 0.717) is 16.6 Å². The molecule has 1 N–H and O–H groups in total. The van der Waals surface area contributed by atoms with Crippen LogP contribution in [0.15, 0.2) is 47.6 Å². The Morgan fingerprint density at radius 1 is 1.05 bits per heavy atom. The zero-order chi connectivity index (χ0) is 13.7. The summed E-state index contributed by atoms with van der Waals surface area (Å²) in [5, 5.41) is 5.22. The molecule has 0 unspecified atom stereocenters. The molecule has 0 spiro atoms. The van der Waals surface area contributed by atoms with Crippen LogP contribution in [0.4, 0.5) is 4.39 Å². The van der Waals surface area contributed by atoms with Gasteiger partial charge in [0.15, 0.2) is 0 Å². The molecule has 0 saturated carbocycles. The summed E-state index contributed by atoms with van der Waals surface area (Å²) < 4.78 is 12.7. The molecule has 5 heteroatoms. The molecular weight excluding hydrogens is 286 g/mol. The van der Waals surface area contributed by atoms with E-state index in [0.717, 1.165) is 11.1 Å². The summed E-state index contributed by atoms with van der Waals surface area (Å²) in [6.07, 6.45) is 1.60. The van der Waals surface area contributed by atoms with Gasteiger partial charge in [-0.3, -0.25) is 0 Å². The van der Waals surface area contributed by atoms with Crippen LogP contribution in [0.2, 0.25) is 10.0 Å². The second-order valence-electron chi connectivity index (χ2n) is 3.84. The lowest BCUT2D eigenvalue weighted by molar-refractivity contribution is 0.628. The number of rotatable bonds is 4. The molecule has 0 saturated heterocycles. The minimum absolute atomic E-state index is 0.270. The van der Waals surface area contributed by atoms with E-state index < -0.39 is 0 Å². The molecule has 2 nitrogen and oxygen atoms in total. The number of hydrogen-bond donors (Lipinski definition) is 1. The summed E-state index contributed by atoms with van der Waals surface area (Å²) in [6.45, 7) is 0.427. The molecule has 0 bridgehead atoms. The van der Waals surface area contributed by atoms with Gasteiger partial charge in [-0.05, 0) is 29.8 Å². The first-order chi connectivity index (χ1) is 9.16. The maximum Gasteiger partial charge on any atom is 0.123 e. The number of nitrogens with one attached hydrogen (secondary N) is 1. The first-order valence-corrected chi connectivity index (χ1v) is 6.37. The maximum atomic E-state index is 12.7. The Morgan fingerprint density at radius 2 is 1.68 bits per heavy atom. The largest absolute Gasteiger partial charge is 0.306 e. The van der Waals surface area contributed by atoms with Gasteiger partial charge in [0.25, 0.3) is 0 Å². The van der Waals surface area contributed by atoms with Gasteiger partial charge in [0.05, 0.1) is 12.8 Å². The van der Waals surface area contributed by atoms with Gasteiger partial charge in [-0.25, -0.2) is 4.39 Å². The van der Waals surface area contributed by atoms with Gasteiger partial charge < -0.3 is 5.43 Å².